The van der Waals surface area contributed by atoms with E-state index in [9.17, 15) is 4.79 Å². The molecule has 1 aromatic heterocycles. The van der Waals surface area contributed by atoms with Crippen molar-refractivity contribution in [2.75, 3.05) is 13.1 Å². The molecule has 6 heteroatoms. The number of thiophene rings is 1. The Kier molecular flexibility index (Phi) is 5.51. The topological polar surface area (TPSA) is 32.3 Å². The van der Waals surface area contributed by atoms with E-state index in [4.69, 9.17) is 0 Å². The summed E-state index contributed by atoms with van der Waals surface area (Å²) in [6, 6.07) is 4.96. The predicted octanol–water partition coefficient (Wildman–Crippen LogP) is 3.39. The fraction of sp³-hybridized carbons (Fsp3) is 0.643. The standard InChI is InChI=1S/C14H19BrN2OS.ClH/c1-9(12-4-5-13(15)19-12)14(18)17-10-2-3-11(17)8-16-7-6-10;/h4-5,9-11,16H,2-3,6-8H2,1H3;1H. The van der Waals surface area contributed by atoms with Gasteiger partial charge in [-0.25, -0.2) is 0 Å². The summed E-state index contributed by atoms with van der Waals surface area (Å²) >= 11 is 5.15. The number of carbonyl (C=O) groups excluding carboxylic acids is 1. The number of nitrogens with one attached hydrogen (secondary N) is 1. The number of halogens is 2. The van der Waals surface area contributed by atoms with Crippen LogP contribution in [0.1, 0.15) is 37.0 Å². The lowest BCUT2D eigenvalue weighted by atomic mass is 10.1. The van der Waals surface area contributed by atoms with E-state index in [0.717, 1.165) is 34.6 Å². The lowest BCUT2D eigenvalue weighted by molar-refractivity contribution is -0.135. The van der Waals surface area contributed by atoms with Crippen molar-refractivity contribution >= 4 is 45.6 Å². The molecule has 20 heavy (non-hydrogen) atoms. The Hall–Kier alpha value is -0.100. The van der Waals surface area contributed by atoms with Gasteiger partial charge in [-0.3, -0.25) is 4.79 Å². The maximum atomic E-state index is 12.8. The summed E-state index contributed by atoms with van der Waals surface area (Å²) in [5, 5.41) is 3.45. The van der Waals surface area contributed by atoms with E-state index in [-0.39, 0.29) is 18.3 Å². The Morgan fingerprint density at radius 2 is 2.15 bits per heavy atom. The molecule has 0 aliphatic carbocycles. The van der Waals surface area contributed by atoms with Gasteiger partial charge >= 0.3 is 0 Å². The minimum absolute atomic E-state index is 0. The van der Waals surface area contributed by atoms with Crippen LogP contribution in [0, 0.1) is 0 Å². The van der Waals surface area contributed by atoms with Gasteiger partial charge in [0, 0.05) is 23.5 Å². The highest BCUT2D eigenvalue weighted by Crippen LogP contribution is 2.34. The fourth-order valence-corrected chi connectivity index (χ4v) is 4.72. The Bertz CT molecular complexity index is 467. The second kappa shape index (κ2) is 6.77. The van der Waals surface area contributed by atoms with Crippen LogP contribution in [0.3, 0.4) is 0 Å². The molecule has 3 nitrogen and oxygen atoms in total. The van der Waals surface area contributed by atoms with Crippen LogP contribution in [0.2, 0.25) is 0 Å². The molecule has 2 saturated heterocycles. The molecule has 2 fully saturated rings. The third kappa shape index (κ3) is 3.06. The van der Waals surface area contributed by atoms with Crippen molar-refractivity contribution in [3.63, 3.8) is 0 Å². The van der Waals surface area contributed by atoms with Gasteiger partial charge in [-0.1, -0.05) is 0 Å². The van der Waals surface area contributed by atoms with Gasteiger partial charge in [-0.05, 0) is 60.8 Å². The van der Waals surface area contributed by atoms with E-state index in [2.05, 4.69) is 32.2 Å². The summed E-state index contributed by atoms with van der Waals surface area (Å²) in [7, 11) is 0. The second-order valence-electron chi connectivity index (χ2n) is 5.49. The molecule has 1 aromatic rings. The van der Waals surface area contributed by atoms with Gasteiger partial charge in [0.1, 0.15) is 0 Å². The van der Waals surface area contributed by atoms with Crippen molar-refractivity contribution in [1.82, 2.24) is 10.2 Å². The van der Waals surface area contributed by atoms with Crippen molar-refractivity contribution in [1.29, 1.82) is 0 Å². The van der Waals surface area contributed by atoms with Gasteiger partial charge in [-0.2, -0.15) is 0 Å². The van der Waals surface area contributed by atoms with Crippen LogP contribution in [-0.4, -0.2) is 36.0 Å². The normalized spacial score (nSPS) is 26.8. The third-order valence-electron chi connectivity index (χ3n) is 4.30. The highest BCUT2D eigenvalue weighted by atomic mass is 79.9. The number of hydrogen-bond donors (Lipinski definition) is 1. The van der Waals surface area contributed by atoms with Crippen LogP contribution in [0.25, 0.3) is 0 Å². The number of hydrogen-bond acceptors (Lipinski definition) is 3. The van der Waals surface area contributed by atoms with E-state index in [1.54, 1.807) is 11.3 Å². The van der Waals surface area contributed by atoms with Crippen molar-refractivity contribution < 1.29 is 4.79 Å². The van der Waals surface area contributed by atoms with Gasteiger partial charge in [0.25, 0.3) is 0 Å². The largest absolute Gasteiger partial charge is 0.335 e. The van der Waals surface area contributed by atoms with E-state index >= 15 is 0 Å². The van der Waals surface area contributed by atoms with Crippen molar-refractivity contribution in [3.05, 3.63) is 20.8 Å². The van der Waals surface area contributed by atoms with Crippen LogP contribution < -0.4 is 5.32 Å². The number of rotatable bonds is 2. The smallest absolute Gasteiger partial charge is 0.231 e. The summed E-state index contributed by atoms with van der Waals surface area (Å²) in [5.74, 6) is 0.294. The molecule has 0 radical (unpaired) electrons. The molecule has 0 aromatic carbocycles. The van der Waals surface area contributed by atoms with Gasteiger partial charge in [0.2, 0.25) is 5.91 Å². The third-order valence-corrected chi connectivity index (χ3v) is 6.11. The average molecular weight is 380 g/mol. The van der Waals surface area contributed by atoms with Crippen molar-refractivity contribution in [2.45, 2.75) is 44.2 Å². The first kappa shape index (κ1) is 16.3. The zero-order chi connectivity index (χ0) is 13.4. The van der Waals surface area contributed by atoms with Crippen LogP contribution >= 0.6 is 39.7 Å². The molecule has 0 spiro atoms. The molecule has 1 amide bonds. The van der Waals surface area contributed by atoms with Gasteiger partial charge in [-0.15, -0.1) is 23.7 Å². The van der Waals surface area contributed by atoms with Crippen LogP contribution in [0.5, 0.6) is 0 Å². The first-order valence-electron chi connectivity index (χ1n) is 6.95. The van der Waals surface area contributed by atoms with Crippen molar-refractivity contribution in [2.24, 2.45) is 0 Å². The minimum Gasteiger partial charge on any atom is -0.335 e. The molecule has 2 aliphatic rings. The Labute approximate surface area is 138 Å². The summed E-state index contributed by atoms with van der Waals surface area (Å²) in [6.07, 6.45) is 3.44. The molecule has 3 unspecified atom stereocenters. The lowest BCUT2D eigenvalue weighted by Crippen LogP contribution is -2.44. The average Bonchev–Trinajstić information content (AvgIpc) is 2.90. The number of fused-ring (bicyclic) bond motifs is 2. The first-order valence-corrected chi connectivity index (χ1v) is 8.56. The molecule has 2 aliphatic heterocycles. The number of amides is 1. The molecule has 3 rings (SSSR count). The van der Waals surface area contributed by atoms with Crippen LogP contribution in [-0.2, 0) is 4.79 Å². The Morgan fingerprint density at radius 3 is 2.85 bits per heavy atom. The summed E-state index contributed by atoms with van der Waals surface area (Å²) in [5.41, 5.74) is 0. The molecule has 2 bridgehead atoms. The highest BCUT2D eigenvalue weighted by Gasteiger charge is 2.39. The first-order chi connectivity index (χ1) is 9.16. The van der Waals surface area contributed by atoms with E-state index < -0.39 is 0 Å². The van der Waals surface area contributed by atoms with Crippen molar-refractivity contribution in [3.8, 4) is 0 Å². The zero-order valence-electron chi connectivity index (χ0n) is 11.5. The molecule has 0 saturated carbocycles. The maximum Gasteiger partial charge on any atom is 0.231 e. The molecule has 1 N–H and O–H groups in total. The lowest BCUT2D eigenvalue weighted by Gasteiger charge is -2.30. The van der Waals surface area contributed by atoms with E-state index in [1.165, 1.54) is 6.42 Å². The highest BCUT2D eigenvalue weighted by molar-refractivity contribution is 9.11. The van der Waals surface area contributed by atoms with Gasteiger partial charge < -0.3 is 10.2 Å². The maximum absolute atomic E-state index is 12.8. The predicted molar refractivity (Wildman–Crippen MR) is 88.8 cm³/mol. The Balaban J connectivity index is 0.00000147. The summed E-state index contributed by atoms with van der Waals surface area (Å²) in [4.78, 5) is 16.2. The van der Waals surface area contributed by atoms with Crippen LogP contribution in [0.4, 0.5) is 0 Å². The SMILES string of the molecule is CC(C(=O)N1C2CCNCC1CC2)c1ccc(Br)s1.Cl. The van der Waals surface area contributed by atoms with Gasteiger partial charge in [0.15, 0.2) is 0 Å². The minimum atomic E-state index is -0.0162. The fourth-order valence-electron chi connectivity index (χ4n) is 3.25. The number of carbonyl (C=O) groups is 1. The van der Waals surface area contributed by atoms with Crippen LogP contribution in [0.15, 0.2) is 15.9 Å². The van der Waals surface area contributed by atoms with E-state index in [0.29, 0.717) is 18.0 Å². The summed E-state index contributed by atoms with van der Waals surface area (Å²) in [6.45, 7) is 4.05. The molecule has 3 atom stereocenters. The molecule has 3 heterocycles. The number of nitrogens with zero attached hydrogens (tertiary/aromatic N) is 1. The molecular weight excluding hydrogens is 360 g/mol. The Morgan fingerprint density at radius 1 is 1.40 bits per heavy atom. The zero-order valence-corrected chi connectivity index (χ0v) is 14.7. The monoisotopic (exact) mass is 378 g/mol. The van der Waals surface area contributed by atoms with Gasteiger partial charge in [0.05, 0.1) is 9.70 Å². The van der Waals surface area contributed by atoms with E-state index in [1.807, 2.05) is 13.0 Å². The quantitative estimate of drug-likeness (QED) is 0.854. The molecular formula is C14H20BrClN2OS. The second-order valence-corrected chi connectivity index (χ2v) is 7.98. The summed E-state index contributed by atoms with van der Waals surface area (Å²) < 4.78 is 1.10. The molecule has 112 valence electrons.